The Kier molecular flexibility index (Phi) is 3.31. The van der Waals surface area contributed by atoms with Crippen molar-refractivity contribution in [3.05, 3.63) is 23.8 Å². The fourth-order valence-corrected chi connectivity index (χ4v) is 1.17. The lowest BCUT2D eigenvalue weighted by atomic mass is 10.1. The number of phenols is 1. The molecule has 0 amide bonds. The minimum absolute atomic E-state index is 0.0277. The number of rotatable bonds is 3. The quantitative estimate of drug-likeness (QED) is 0.481. The Hall–Kier alpha value is -1.03. The van der Waals surface area contributed by atoms with Crippen LogP contribution in [-0.4, -0.2) is 16.2 Å². The first kappa shape index (κ1) is 10.1. The maximum absolute atomic E-state index is 11.0. The van der Waals surface area contributed by atoms with Crippen LogP contribution in [0.15, 0.2) is 18.2 Å². The molecule has 0 unspecified atom stereocenters. The molecule has 0 spiro atoms. The largest absolute Gasteiger partial charge is 0.506 e. The number of phenolic OH excluding ortho intramolecular Hbond substituents is 1. The summed E-state index contributed by atoms with van der Waals surface area (Å²) in [5, 5.41) is 9.57. The monoisotopic (exact) mass is 243 g/mol. The van der Waals surface area contributed by atoms with Crippen molar-refractivity contribution in [2.24, 2.45) is 0 Å². The third-order valence-electron chi connectivity index (χ3n) is 1.65. The van der Waals surface area contributed by atoms with E-state index < -0.39 is 0 Å². The van der Waals surface area contributed by atoms with Gasteiger partial charge in [-0.3, -0.25) is 4.79 Å². The van der Waals surface area contributed by atoms with Gasteiger partial charge in [0.15, 0.2) is 0 Å². The molecule has 0 fully saturated rings. The molecule has 1 rings (SSSR count). The predicted octanol–water partition coefficient (Wildman–Crippen LogP) is 1.48. The third kappa shape index (κ3) is 2.73. The maximum atomic E-state index is 11.0. The van der Waals surface area contributed by atoms with Crippen LogP contribution in [0.5, 0.6) is 5.75 Å². The number of hydrogen-bond acceptors (Lipinski definition) is 3. The second kappa shape index (κ2) is 4.28. The third-order valence-corrected chi connectivity index (χ3v) is 2.27. The Labute approximate surface area is 84.7 Å². The van der Waals surface area contributed by atoms with E-state index in [4.69, 9.17) is 5.73 Å². The Bertz CT molecular complexity index is 325. The fourth-order valence-electron chi connectivity index (χ4n) is 0.974. The molecule has 0 atom stereocenters. The Morgan fingerprint density at radius 2 is 2.23 bits per heavy atom. The average molecular weight is 244 g/mol. The molecule has 70 valence electrons. The van der Waals surface area contributed by atoms with E-state index in [2.05, 4.69) is 15.9 Å². The molecule has 1 aromatic rings. The van der Waals surface area contributed by atoms with Gasteiger partial charge in [-0.25, -0.2) is 0 Å². The number of nitrogen functional groups attached to an aromatic ring is 1. The zero-order chi connectivity index (χ0) is 9.84. The number of anilines is 1. The van der Waals surface area contributed by atoms with Crippen LogP contribution in [0.1, 0.15) is 5.56 Å². The number of nitrogens with two attached hydrogens (primary N) is 1. The number of carbonyl (C=O) groups excluding carboxylic acids is 1. The molecule has 0 radical (unpaired) electrons. The first-order valence-electron chi connectivity index (χ1n) is 3.78. The normalized spacial score (nSPS) is 9.92. The van der Waals surface area contributed by atoms with Crippen LogP contribution in [0.3, 0.4) is 0 Å². The topological polar surface area (TPSA) is 63.3 Å². The smallest absolute Gasteiger partial charge is 0.147 e. The molecule has 13 heavy (non-hydrogen) atoms. The summed E-state index contributed by atoms with van der Waals surface area (Å²) in [7, 11) is 0. The van der Waals surface area contributed by atoms with Crippen LogP contribution in [0, 0.1) is 0 Å². The van der Waals surface area contributed by atoms with E-state index in [0.717, 1.165) is 5.56 Å². The Morgan fingerprint density at radius 1 is 1.54 bits per heavy atom. The van der Waals surface area contributed by atoms with E-state index >= 15 is 0 Å². The van der Waals surface area contributed by atoms with Crippen molar-refractivity contribution in [3.63, 3.8) is 0 Å². The highest BCUT2D eigenvalue weighted by molar-refractivity contribution is 9.09. The van der Waals surface area contributed by atoms with Gasteiger partial charge in [0.25, 0.3) is 0 Å². The van der Waals surface area contributed by atoms with Crippen LogP contribution < -0.4 is 5.73 Å². The van der Waals surface area contributed by atoms with Crippen LogP contribution in [0.2, 0.25) is 0 Å². The van der Waals surface area contributed by atoms with Crippen LogP contribution in [0.25, 0.3) is 0 Å². The van der Waals surface area contributed by atoms with E-state index in [1.165, 1.54) is 6.07 Å². The number of ketones is 1. The first-order chi connectivity index (χ1) is 6.13. The van der Waals surface area contributed by atoms with Gasteiger partial charge < -0.3 is 10.8 Å². The molecule has 0 aromatic heterocycles. The van der Waals surface area contributed by atoms with Crippen molar-refractivity contribution in [2.45, 2.75) is 6.42 Å². The van der Waals surface area contributed by atoms with Crippen molar-refractivity contribution in [2.75, 3.05) is 11.1 Å². The summed E-state index contributed by atoms with van der Waals surface area (Å²) in [6.07, 6.45) is 0.319. The van der Waals surface area contributed by atoms with Gasteiger partial charge in [-0.2, -0.15) is 0 Å². The summed E-state index contributed by atoms with van der Waals surface area (Å²) in [5.41, 5.74) is 6.51. The van der Waals surface area contributed by atoms with Gasteiger partial charge in [-0.1, -0.05) is 22.0 Å². The molecular formula is C9H10BrNO2. The molecule has 3 N–H and O–H groups in total. The van der Waals surface area contributed by atoms with Crippen molar-refractivity contribution < 1.29 is 9.90 Å². The van der Waals surface area contributed by atoms with Gasteiger partial charge in [-0.05, 0) is 17.7 Å². The van der Waals surface area contributed by atoms with E-state index in [-0.39, 0.29) is 11.5 Å². The molecule has 0 aliphatic carbocycles. The Morgan fingerprint density at radius 3 is 2.77 bits per heavy atom. The van der Waals surface area contributed by atoms with E-state index in [0.29, 0.717) is 17.4 Å². The second-order valence-corrected chi connectivity index (χ2v) is 3.30. The minimum atomic E-state index is 0.0277. The predicted molar refractivity (Wildman–Crippen MR) is 55.0 cm³/mol. The summed E-state index contributed by atoms with van der Waals surface area (Å²) >= 11 is 3.07. The number of benzene rings is 1. The molecule has 0 heterocycles. The second-order valence-electron chi connectivity index (χ2n) is 2.74. The zero-order valence-electron chi connectivity index (χ0n) is 6.96. The van der Waals surface area contributed by atoms with Crippen molar-refractivity contribution in [1.29, 1.82) is 0 Å². The number of aromatic hydroxyl groups is 1. The average Bonchev–Trinajstić information content (AvgIpc) is 2.11. The van der Waals surface area contributed by atoms with Crippen molar-refractivity contribution >= 4 is 27.4 Å². The molecule has 3 nitrogen and oxygen atoms in total. The van der Waals surface area contributed by atoms with Crippen LogP contribution >= 0.6 is 15.9 Å². The number of halogens is 1. The van der Waals surface area contributed by atoms with Crippen molar-refractivity contribution in [1.82, 2.24) is 0 Å². The molecule has 1 aromatic carbocycles. The zero-order valence-corrected chi connectivity index (χ0v) is 8.54. The van der Waals surface area contributed by atoms with Gasteiger partial charge in [0.1, 0.15) is 11.5 Å². The highest BCUT2D eigenvalue weighted by atomic mass is 79.9. The number of Topliss-reactive ketones (excluding diaryl/α,β-unsaturated/α-hetero) is 1. The summed E-state index contributed by atoms with van der Waals surface area (Å²) in [6.45, 7) is 0. The highest BCUT2D eigenvalue weighted by Gasteiger charge is 2.03. The lowest BCUT2D eigenvalue weighted by Crippen LogP contribution is -2.03. The molecule has 0 bridgehead atoms. The number of alkyl halides is 1. The molecular weight excluding hydrogens is 234 g/mol. The van der Waals surface area contributed by atoms with Gasteiger partial charge in [0.05, 0.1) is 11.0 Å². The van der Waals surface area contributed by atoms with Crippen LogP contribution in [-0.2, 0) is 11.2 Å². The van der Waals surface area contributed by atoms with Gasteiger partial charge in [-0.15, -0.1) is 0 Å². The molecule has 4 heteroatoms. The minimum Gasteiger partial charge on any atom is -0.506 e. The van der Waals surface area contributed by atoms with Gasteiger partial charge >= 0.3 is 0 Å². The van der Waals surface area contributed by atoms with Gasteiger partial charge in [0.2, 0.25) is 0 Å². The summed E-state index contributed by atoms with van der Waals surface area (Å²) in [4.78, 5) is 11.0. The highest BCUT2D eigenvalue weighted by Crippen LogP contribution is 2.20. The summed E-state index contributed by atoms with van der Waals surface area (Å²) < 4.78 is 0. The van der Waals surface area contributed by atoms with E-state index in [1.807, 2.05) is 0 Å². The van der Waals surface area contributed by atoms with Crippen LogP contribution in [0.4, 0.5) is 5.69 Å². The SMILES string of the molecule is Nc1ccc(CC(=O)CBr)cc1O. The number of carbonyl (C=O) groups is 1. The summed E-state index contributed by atoms with van der Waals surface area (Å²) in [6, 6.07) is 4.83. The maximum Gasteiger partial charge on any atom is 0.147 e. The molecule has 0 saturated heterocycles. The van der Waals surface area contributed by atoms with Gasteiger partial charge in [0, 0.05) is 6.42 Å². The van der Waals surface area contributed by atoms with E-state index in [9.17, 15) is 9.90 Å². The first-order valence-corrected chi connectivity index (χ1v) is 4.90. The number of hydrogen-bond donors (Lipinski definition) is 2. The lowest BCUT2D eigenvalue weighted by Gasteiger charge is -2.01. The molecule has 0 saturated carbocycles. The van der Waals surface area contributed by atoms with Crippen molar-refractivity contribution in [3.8, 4) is 5.75 Å². The standard InChI is InChI=1S/C9H10BrNO2/c10-5-7(12)3-6-1-2-8(11)9(13)4-6/h1-2,4,13H,3,5,11H2. The Balaban J connectivity index is 2.79. The lowest BCUT2D eigenvalue weighted by molar-refractivity contribution is -0.115. The summed E-state index contributed by atoms with van der Waals surface area (Å²) in [5.74, 6) is 0.101. The molecule has 0 aliphatic heterocycles. The fraction of sp³-hybridized carbons (Fsp3) is 0.222. The molecule has 0 aliphatic rings. The van der Waals surface area contributed by atoms with E-state index in [1.54, 1.807) is 12.1 Å².